The number of nitrogen functional groups attached to an aromatic ring is 1. The van der Waals surface area contributed by atoms with Crippen LogP contribution in [0.25, 0.3) is 11.3 Å². The summed E-state index contributed by atoms with van der Waals surface area (Å²) in [4.78, 5) is 16.0. The molecule has 0 atom stereocenters. The molecule has 0 unspecified atom stereocenters. The van der Waals surface area contributed by atoms with Gasteiger partial charge in [0.05, 0.1) is 5.69 Å². The number of hydrogen-bond acceptors (Lipinski definition) is 6. The Morgan fingerprint density at radius 1 is 1.20 bits per heavy atom. The molecule has 2 heterocycles. The van der Waals surface area contributed by atoms with Crippen molar-refractivity contribution in [2.45, 2.75) is 0 Å². The molecule has 0 amide bonds. The molecule has 0 aliphatic carbocycles. The summed E-state index contributed by atoms with van der Waals surface area (Å²) < 4.78 is 0. The van der Waals surface area contributed by atoms with Crippen molar-refractivity contribution in [2.24, 2.45) is 0 Å². The largest absolute Gasteiger partial charge is 0.368 e. The molecule has 6 nitrogen and oxygen atoms in total. The molecule has 6 heteroatoms. The van der Waals surface area contributed by atoms with Crippen molar-refractivity contribution in [3.63, 3.8) is 0 Å². The predicted molar refractivity (Wildman–Crippen MR) is 57.0 cm³/mol. The van der Waals surface area contributed by atoms with Crippen LogP contribution >= 0.6 is 0 Å². The summed E-state index contributed by atoms with van der Waals surface area (Å²) in [5.41, 5.74) is 7.00. The Hall–Kier alpha value is -2.24. The standard InChI is InChI=1S/C9H10N6/c1-11-9-13-4-6(5-14-9)7-2-3-12-8(10)15-7/h2-5H,1H3,(H2,10,12,15)(H,11,13,14). The number of nitrogens with zero attached hydrogens (tertiary/aromatic N) is 4. The van der Waals surface area contributed by atoms with Gasteiger partial charge in [-0.3, -0.25) is 0 Å². The molecule has 76 valence electrons. The molecule has 0 aliphatic rings. The van der Waals surface area contributed by atoms with E-state index in [0.717, 1.165) is 5.56 Å². The van der Waals surface area contributed by atoms with Gasteiger partial charge >= 0.3 is 0 Å². The molecule has 15 heavy (non-hydrogen) atoms. The number of rotatable bonds is 2. The van der Waals surface area contributed by atoms with Crippen molar-refractivity contribution < 1.29 is 0 Å². The van der Waals surface area contributed by atoms with Gasteiger partial charge in [-0.15, -0.1) is 0 Å². The third-order valence-corrected chi connectivity index (χ3v) is 1.85. The second-order valence-electron chi connectivity index (χ2n) is 2.85. The predicted octanol–water partition coefficient (Wildman–Crippen LogP) is 0.558. The first-order valence-corrected chi connectivity index (χ1v) is 4.38. The van der Waals surface area contributed by atoms with Crippen LogP contribution in [0.5, 0.6) is 0 Å². The van der Waals surface area contributed by atoms with Crippen molar-refractivity contribution >= 4 is 11.9 Å². The number of aromatic nitrogens is 4. The summed E-state index contributed by atoms with van der Waals surface area (Å²) in [5.74, 6) is 0.811. The van der Waals surface area contributed by atoms with Gasteiger partial charge in [-0.1, -0.05) is 0 Å². The molecule has 0 aliphatic heterocycles. The molecule has 2 rings (SSSR count). The van der Waals surface area contributed by atoms with Gasteiger partial charge in [-0.25, -0.2) is 19.9 Å². The molecule has 0 spiro atoms. The lowest BCUT2D eigenvalue weighted by atomic mass is 10.2. The maximum Gasteiger partial charge on any atom is 0.222 e. The lowest BCUT2D eigenvalue weighted by Gasteiger charge is -2.01. The van der Waals surface area contributed by atoms with Crippen LogP contribution in [-0.2, 0) is 0 Å². The van der Waals surface area contributed by atoms with Gasteiger partial charge in [0, 0.05) is 31.2 Å². The summed E-state index contributed by atoms with van der Waals surface area (Å²) in [6.45, 7) is 0. The van der Waals surface area contributed by atoms with Gasteiger partial charge in [-0.2, -0.15) is 0 Å². The van der Waals surface area contributed by atoms with E-state index < -0.39 is 0 Å². The topological polar surface area (TPSA) is 89.6 Å². The molecular weight excluding hydrogens is 192 g/mol. The third-order valence-electron chi connectivity index (χ3n) is 1.85. The average molecular weight is 202 g/mol. The normalized spacial score (nSPS) is 9.93. The molecular formula is C9H10N6. The number of nitrogens with two attached hydrogens (primary N) is 1. The fraction of sp³-hybridized carbons (Fsp3) is 0.111. The summed E-state index contributed by atoms with van der Waals surface area (Å²) >= 11 is 0. The smallest absolute Gasteiger partial charge is 0.222 e. The molecule has 0 radical (unpaired) electrons. The van der Waals surface area contributed by atoms with Crippen LogP contribution in [0.3, 0.4) is 0 Å². The average Bonchev–Trinajstić information content (AvgIpc) is 2.29. The summed E-state index contributed by atoms with van der Waals surface area (Å²) in [6.07, 6.45) is 4.96. The van der Waals surface area contributed by atoms with Crippen molar-refractivity contribution in [2.75, 3.05) is 18.1 Å². The van der Waals surface area contributed by atoms with E-state index in [1.165, 1.54) is 0 Å². The Bertz CT molecular complexity index is 452. The van der Waals surface area contributed by atoms with Gasteiger partial charge in [-0.05, 0) is 6.07 Å². The first-order chi connectivity index (χ1) is 7.29. The molecule has 0 fully saturated rings. The molecule has 2 aromatic heterocycles. The lowest BCUT2D eigenvalue weighted by Crippen LogP contribution is -1.98. The van der Waals surface area contributed by atoms with Crippen LogP contribution in [0.15, 0.2) is 24.7 Å². The lowest BCUT2D eigenvalue weighted by molar-refractivity contribution is 1.13. The summed E-state index contributed by atoms with van der Waals surface area (Å²) in [5, 5.41) is 2.84. The van der Waals surface area contributed by atoms with Crippen molar-refractivity contribution in [3.05, 3.63) is 24.7 Å². The third kappa shape index (κ3) is 1.98. The second-order valence-corrected chi connectivity index (χ2v) is 2.85. The first-order valence-electron chi connectivity index (χ1n) is 4.38. The molecule has 0 saturated heterocycles. The van der Waals surface area contributed by atoms with E-state index in [0.29, 0.717) is 11.6 Å². The fourth-order valence-corrected chi connectivity index (χ4v) is 1.12. The first kappa shape index (κ1) is 9.32. The number of nitrogens with one attached hydrogen (secondary N) is 1. The maximum atomic E-state index is 5.48. The zero-order valence-corrected chi connectivity index (χ0v) is 8.18. The summed E-state index contributed by atoms with van der Waals surface area (Å²) in [7, 11) is 1.76. The van der Waals surface area contributed by atoms with Gasteiger partial charge in [0.15, 0.2) is 0 Å². The van der Waals surface area contributed by atoms with E-state index in [9.17, 15) is 0 Å². The highest BCUT2D eigenvalue weighted by Crippen LogP contribution is 2.15. The van der Waals surface area contributed by atoms with Crippen LogP contribution in [0.1, 0.15) is 0 Å². The van der Waals surface area contributed by atoms with E-state index >= 15 is 0 Å². The second kappa shape index (κ2) is 3.87. The van der Waals surface area contributed by atoms with E-state index in [-0.39, 0.29) is 5.95 Å². The Balaban J connectivity index is 2.37. The van der Waals surface area contributed by atoms with Gasteiger partial charge < -0.3 is 11.1 Å². The Morgan fingerprint density at radius 2 is 1.93 bits per heavy atom. The van der Waals surface area contributed by atoms with E-state index in [2.05, 4.69) is 25.3 Å². The van der Waals surface area contributed by atoms with Crippen LogP contribution in [-0.4, -0.2) is 27.0 Å². The molecule has 3 N–H and O–H groups in total. The van der Waals surface area contributed by atoms with Crippen molar-refractivity contribution in [1.29, 1.82) is 0 Å². The Labute approximate surface area is 86.6 Å². The molecule has 2 aromatic rings. The van der Waals surface area contributed by atoms with Crippen molar-refractivity contribution in [1.82, 2.24) is 19.9 Å². The minimum Gasteiger partial charge on any atom is -0.368 e. The fourth-order valence-electron chi connectivity index (χ4n) is 1.12. The van der Waals surface area contributed by atoms with Gasteiger partial charge in [0.2, 0.25) is 11.9 Å². The SMILES string of the molecule is CNc1ncc(-c2ccnc(N)n2)cn1. The zero-order chi connectivity index (χ0) is 10.7. The van der Waals surface area contributed by atoms with E-state index in [1.807, 2.05) is 0 Å². The van der Waals surface area contributed by atoms with E-state index in [1.54, 1.807) is 31.7 Å². The highest BCUT2D eigenvalue weighted by Gasteiger charge is 2.01. The van der Waals surface area contributed by atoms with Crippen molar-refractivity contribution in [3.8, 4) is 11.3 Å². The quantitative estimate of drug-likeness (QED) is 0.739. The maximum absolute atomic E-state index is 5.48. The Morgan fingerprint density at radius 3 is 2.53 bits per heavy atom. The number of hydrogen-bond donors (Lipinski definition) is 2. The molecule has 0 saturated carbocycles. The van der Waals surface area contributed by atoms with Crippen LogP contribution in [0.2, 0.25) is 0 Å². The molecule has 0 aromatic carbocycles. The van der Waals surface area contributed by atoms with Crippen LogP contribution in [0.4, 0.5) is 11.9 Å². The van der Waals surface area contributed by atoms with E-state index in [4.69, 9.17) is 5.73 Å². The van der Waals surface area contributed by atoms with Crippen LogP contribution < -0.4 is 11.1 Å². The highest BCUT2D eigenvalue weighted by molar-refractivity contribution is 5.57. The monoisotopic (exact) mass is 202 g/mol. The molecule has 0 bridgehead atoms. The highest BCUT2D eigenvalue weighted by atomic mass is 15.1. The minimum absolute atomic E-state index is 0.241. The minimum atomic E-state index is 0.241. The Kier molecular flexibility index (Phi) is 2.40. The summed E-state index contributed by atoms with van der Waals surface area (Å²) in [6, 6.07) is 1.76. The van der Waals surface area contributed by atoms with Gasteiger partial charge in [0.25, 0.3) is 0 Å². The van der Waals surface area contributed by atoms with Crippen LogP contribution in [0, 0.1) is 0 Å². The van der Waals surface area contributed by atoms with Gasteiger partial charge in [0.1, 0.15) is 0 Å². The zero-order valence-electron chi connectivity index (χ0n) is 8.18. The number of anilines is 2.